The lowest BCUT2D eigenvalue weighted by Crippen LogP contribution is -2.67. The van der Waals surface area contributed by atoms with Gasteiger partial charge in [-0.2, -0.15) is 0 Å². The van der Waals surface area contributed by atoms with Crippen molar-refractivity contribution in [2.45, 2.75) is 118 Å². The number of carboxylic acids is 1. The van der Waals surface area contributed by atoms with Crippen LogP contribution >= 0.6 is 0 Å². The summed E-state index contributed by atoms with van der Waals surface area (Å²) in [4.78, 5) is 12.8. The Labute approximate surface area is 206 Å². The van der Waals surface area contributed by atoms with Crippen LogP contribution in [0.4, 0.5) is 0 Å². The fourth-order valence-corrected chi connectivity index (χ4v) is 10.7. The molecule has 3 N–H and O–H groups in total. The lowest BCUT2D eigenvalue weighted by atomic mass is 9.33. The molecule has 0 spiro atoms. The molecule has 4 fully saturated rings. The SMILES string of the molecule is CC1(C)CC[C@]2(C(=O)O)C(O)CC3(C)C(=CCC4C5(C)CC[C@H](O)C(C)(C)C5CCC43C)C2C1. The third-order valence-corrected chi connectivity index (χ3v) is 13.1. The van der Waals surface area contributed by atoms with Crippen molar-refractivity contribution in [1.82, 2.24) is 0 Å². The molecule has 9 atom stereocenters. The number of fused-ring (bicyclic) bond motifs is 7. The highest BCUT2D eigenvalue weighted by atomic mass is 16.4. The van der Waals surface area contributed by atoms with Gasteiger partial charge in [0.2, 0.25) is 0 Å². The average molecular weight is 473 g/mol. The van der Waals surface area contributed by atoms with Crippen LogP contribution in [0, 0.1) is 50.2 Å². The van der Waals surface area contributed by atoms with E-state index in [1.165, 1.54) is 5.57 Å². The van der Waals surface area contributed by atoms with Gasteiger partial charge in [-0.3, -0.25) is 4.79 Å². The van der Waals surface area contributed by atoms with E-state index in [0.717, 1.165) is 44.9 Å². The molecule has 7 unspecified atom stereocenters. The second-order valence-corrected chi connectivity index (χ2v) is 15.2. The molecule has 0 heterocycles. The maximum atomic E-state index is 12.8. The lowest BCUT2D eigenvalue weighted by molar-refractivity contribution is -0.218. The summed E-state index contributed by atoms with van der Waals surface area (Å²) >= 11 is 0. The molecule has 5 rings (SSSR count). The summed E-state index contributed by atoms with van der Waals surface area (Å²) < 4.78 is 0. The summed E-state index contributed by atoms with van der Waals surface area (Å²) in [5.41, 5.74) is 0.295. The molecule has 5 aliphatic carbocycles. The van der Waals surface area contributed by atoms with Crippen LogP contribution in [0.15, 0.2) is 11.6 Å². The molecule has 0 aromatic rings. The minimum Gasteiger partial charge on any atom is -0.481 e. The molecule has 192 valence electrons. The number of aliphatic hydroxyl groups is 2. The van der Waals surface area contributed by atoms with Crippen LogP contribution in [0.1, 0.15) is 106 Å². The van der Waals surface area contributed by atoms with Crippen LogP contribution in [0.3, 0.4) is 0 Å². The first-order chi connectivity index (χ1) is 15.6. The Morgan fingerprint density at radius 3 is 2.18 bits per heavy atom. The fraction of sp³-hybridized carbons (Fsp3) is 0.900. The number of carbonyl (C=O) groups is 1. The number of carboxylic acid groups (broad SMARTS) is 1. The quantitative estimate of drug-likeness (QED) is 0.397. The van der Waals surface area contributed by atoms with Gasteiger partial charge in [0, 0.05) is 0 Å². The largest absolute Gasteiger partial charge is 0.481 e. The third-order valence-electron chi connectivity index (χ3n) is 13.1. The Balaban J connectivity index is 1.63. The topological polar surface area (TPSA) is 77.8 Å². The van der Waals surface area contributed by atoms with Crippen molar-refractivity contribution in [1.29, 1.82) is 0 Å². The summed E-state index contributed by atoms with van der Waals surface area (Å²) in [6, 6.07) is 0. The summed E-state index contributed by atoms with van der Waals surface area (Å²) in [5, 5.41) is 33.1. The van der Waals surface area contributed by atoms with E-state index in [1.54, 1.807) is 0 Å². The van der Waals surface area contributed by atoms with E-state index in [0.29, 0.717) is 24.7 Å². The van der Waals surface area contributed by atoms with E-state index in [1.807, 2.05) is 0 Å². The molecule has 0 radical (unpaired) electrons. The van der Waals surface area contributed by atoms with Crippen LogP contribution in [0.25, 0.3) is 0 Å². The van der Waals surface area contributed by atoms with Gasteiger partial charge in [0.15, 0.2) is 0 Å². The zero-order valence-corrected chi connectivity index (χ0v) is 22.6. The number of aliphatic hydroxyl groups excluding tert-OH is 2. The normalized spacial score (nSPS) is 53.4. The lowest BCUT2D eigenvalue weighted by Gasteiger charge is -2.71. The number of hydrogen-bond acceptors (Lipinski definition) is 3. The Kier molecular flexibility index (Phi) is 5.20. The van der Waals surface area contributed by atoms with Crippen molar-refractivity contribution in [3.8, 4) is 0 Å². The Bertz CT molecular complexity index is 919. The highest BCUT2D eigenvalue weighted by Crippen LogP contribution is 2.75. The second-order valence-electron chi connectivity index (χ2n) is 15.2. The van der Waals surface area contributed by atoms with Crippen molar-refractivity contribution >= 4 is 5.97 Å². The molecule has 0 saturated heterocycles. The number of rotatable bonds is 1. The summed E-state index contributed by atoms with van der Waals surface area (Å²) in [7, 11) is 0. The molecule has 0 bridgehead atoms. The van der Waals surface area contributed by atoms with E-state index in [4.69, 9.17) is 0 Å². The molecule has 4 nitrogen and oxygen atoms in total. The zero-order valence-electron chi connectivity index (χ0n) is 22.6. The molecule has 4 heteroatoms. The van der Waals surface area contributed by atoms with Crippen LogP contribution in [0.5, 0.6) is 0 Å². The summed E-state index contributed by atoms with van der Waals surface area (Å²) in [6.45, 7) is 16.4. The van der Waals surface area contributed by atoms with Gasteiger partial charge in [-0.05, 0) is 103 Å². The van der Waals surface area contributed by atoms with Crippen LogP contribution in [0.2, 0.25) is 0 Å². The number of allylic oxidation sites excluding steroid dienone is 2. The molecule has 0 aliphatic heterocycles. The minimum atomic E-state index is -1.04. The number of aliphatic carboxylic acids is 1. The maximum absolute atomic E-state index is 12.8. The van der Waals surface area contributed by atoms with Crippen LogP contribution in [-0.2, 0) is 4.79 Å². The van der Waals surface area contributed by atoms with Gasteiger partial charge < -0.3 is 15.3 Å². The zero-order chi connectivity index (χ0) is 25.1. The molecule has 0 amide bonds. The Hall–Kier alpha value is -0.870. The van der Waals surface area contributed by atoms with Crippen LogP contribution < -0.4 is 0 Å². The predicted octanol–water partition coefficient (Wildman–Crippen LogP) is 6.20. The smallest absolute Gasteiger partial charge is 0.312 e. The molecule has 5 aliphatic rings. The molecule has 0 aromatic heterocycles. The van der Waals surface area contributed by atoms with E-state index in [9.17, 15) is 20.1 Å². The monoisotopic (exact) mass is 472 g/mol. The molecule has 0 aromatic carbocycles. The highest BCUT2D eigenvalue weighted by molar-refractivity contribution is 5.77. The first kappa shape index (κ1) is 24.8. The highest BCUT2D eigenvalue weighted by Gasteiger charge is 2.71. The van der Waals surface area contributed by atoms with E-state index in [-0.39, 0.29) is 39.1 Å². The van der Waals surface area contributed by atoms with Crippen molar-refractivity contribution in [2.75, 3.05) is 0 Å². The van der Waals surface area contributed by atoms with E-state index >= 15 is 0 Å². The molecule has 34 heavy (non-hydrogen) atoms. The Morgan fingerprint density at radius 2 is 1.53 bits per heavy atom. The van der Waals surface area contributed by atoms with Gasteiger partial charge in [0.05, 0.1) is 12.2 Å². The maximum Gasteiger partial charge on any atom is 0.312 e. The summed E-state index contributed by atoms with van der Waals surface area (Å²) in [6.07, 6.45) is 9.35. The van der Waals surface area contributed by atoms with Crippen molar-refractivity contribution < 1.29 is 20.1 Å². The van der Waals surface area contributed by atoms with Crippen molar-refractivity contribution in [2.24, 2.45) is 50.2 Å². The van der Waals surface area contributed by atoms with Gasteiger partial charge in [0.25, 0.3) is 0 Å². The number of hydrogen-bond donors (Lipinski definition) is 3. The Morgan fingerprint density at radius 1 is 0.853 bits per heavy atom. The average Bonchev–Trinajstić information content (AvgIpc) is 2.71. The van der Waals surface area contributed by atoms with Gasteiger partial charge >= 0.3 is 5.97 Å². The summed E-state index contributed by atoms with van der Waals surface area (Å²) in [5.74, 6) is 0.0888. The van der Waals surface area contributed by atoms with E-state index in [2.05, 4.69) is 54.5 Å². The molecular weight excluding hydrogens is 424 g/mol. The third kappa shape index (κ3) is 2.82. The standard InChI is InChI=1S/C30H48O4/c1-25(2)14-15-30(24(33)34)19(16-25)18-8-9-21-27(5)12-11-22(31)26(3,4)20(27)10-13-28(21,6)29(18,7)17-23(30)32/h8,19-23,31-32H,9-17H2,1-7H3,(H,33,34)/t19?,20?,21?,22-,23?,27?,28?,29?,30+/m0/s1. The van der Waals surface area contributed by atoms with E-state index < -0.39 is 17.5 Å². The van der Waals surface area contributed by atoms with Gasteiger partial charge in [0.1, 0.15) is 5.41 Å². The van der Waals surface area contributed by atoms with Gasteiger partial charge in [-0.25, -0.2) is 0 Å². The van der Waals surface area contributed by atoms with Gasteiger partial charge in [-0.15, -0.1) is 0 Å². The molecule has 4 saturated carbocycles. The second kappa shape index (κ2) is 7.12. The minimum absolute atomic E-state index is 0.0218. The molecular formula is C30H48O4. The first-order valence-corrected chi connectivity index (χ1v) is 13.9. The fourth-order valence-electron chi connectivity index (χ4n) is 10.7. The van der Waals surface area contributed by atoms with Crippen LogP contribution in [-0.4, -0.2) is 33.5 Å². The first-order valence-electron chi connectivity index (χ1n) is 13.9. The van der Waals surface area contributed by atoms with Crippen molar-refractivity contribution in [3.63, 3.8) is 0 Å². The van der Waals surface area contributed by atoms with Gasteiger partial charge in [-0.1, -0.05) is 60.1 Å². The van der Waals surface area contributed by atoms with Crippen molar-refractivity contribution in [3.05, 3.63) is 11.6 Å². The predicted molar refractivity (Wildman–Crippen MR) is 134 cm³/mol.